The lowest BCUT2D eigenvalue weighted by Crippen LogP contribution is -2.26. The maximum absolute atomic E-state index is 4.91. The molecule has 2 aliphatic rings. The van der Waals surface area contributed by atoms with E-state index in [0.29, 0.717) is 12.0 Å². The summed E-state index contributed by atoms with van der Waals surface area (Å²) in [6, 6.07) is 0.477. The van der Waals surface area contributed by atoms with Crippen molar-refractivity contribution >= 4 is 0 Å². The van der Waals surface area contributed by atoms with Crippen molar-refractivity contribution in [2.45, 2.75) is 64.3 Å². The van der Waals surface area contributed by atoms with Crippen LogP contribution in [0.3, 0.4) is 0 Å². The quantitative estimate of drug-likeness (QED) is 0.904. The lowest BCUT2D eigenvalue weighted by Gasteiger charge is -2.25. The van der Waals surface area contributed by atoms with Crippen LogP contribution in [0.15, 0.2) is 6.20 Å². The Labute approximate surface area is 116 Å². The molecule has 19 heavy (non-hydrogen) atoms. The zero-order chi connectivity index (χ0) is 13.2. The first-order valence-corrected chi connectivity index (χ1v) is 7.87. The van der Waals surface area contributed by atoms with Crippen molar-refractivity contribution in [3.63, 3.8) is 0 Å². The number of rotatable bonds is 3. The van der Waals surface area contributed by atoms with Crippen molar-refractivity contribution < 1.29 is 0 Å². The van der Waals surface area contributed by atoms with E-state index in [1.54, 1.807) is 0 Å². The Morgan fingerprint density at radius 1 is 1.32 bits per heavy atom. The van der Waals surface area contributed by atoms with E-state index >= 15 is 0 Å². The molecule has 0 aliphatic heterocycles. The van der Waals surface area contributed by atoms with E-state index in [4.69, 9.17) is 4.98 Å². The van der Waals surface area contributed by atoms with Crippen molar-refractivity contribution in [2.24, 2.45) is 5.92 Å². The molecule has 3 nitrogen and oxygen atoms in total. The molecular formula is C16H25N3. The highest BCUT2D eigenvalue weighted by Crippen LogP contribution is 2.37. The van der Waals surface area contributed by atoms with Crippen LogP contribution in [-0.2, 0) is 6.42 Å². The van der Waals surface area contributed by atoms with Crippen molar-refractivity contribution in [1.82, 2.24) is 15.3 Å². The molecule has 1 heterocycles. The smallest absolute Gasteiger partial charge is 0.131 e. The van der Waals surface area contributed by atoms with E-state index in [1.165, 1.54) is 43.4 Å². The summed E-state index contributed by atoms with van der Waals surface area (Å²) in [5.74, 6) is 2.57. The minimum Gasteiger partial charge on any atom is -0.310 e. The first-order valence-electron chi connectivity index (χ1n) is 7.87. The molecule has 104 valence electrons. The van der Waals surface area contributed by atoms with E-state index in [0.717, 1.165) is 24.7 Å². The summed E-state index contributed by atoms with van der Waals surface area (Å²) >= 11 is 0. The van der Waals surface area contributed by atoms with Gasteiger partial charge in [-0.15, -0.1) is 0 Å². The first-order chi connectivity index (χ1) is 9.28. The highest BCUT2D eigenvalue weighted by atomic mass is 14.9. The van der Waals surface area contributed by atoms with Gasteiger partial charge in [0, 0.05) is 29.4 Å². The molecule has 1 aromatic heterocycles. The summed E-state index contributed by atoms with van der Waals surface area (Å²) < 4.78 is 0. The van der Waals surface area contributed by atoms with Crippen LogP contribution in [0.1, 0.15) is 75.0 Å². The summed E-state index contributed by atoms with van der Waals surface area (Å²) in [6.07, 6.45) is 9.60. The molecule has 3 rings (SSSR count). The Hall–Kier alpha value is -0.960. The van der Waals surface area contributed by atoms with Gasteiger partial charge in [-0.05, 0) is 51.0 Å². The number of nitrogens with zero attached hydrogens (tertiary/aromatic N) is 2. The molecule has 0 radical (unpaired) electrons. The molecule has 1 aromatic rings. The molecule has 2 aliphatic carbocycles. The van der Waals surface area contributed by atoms with E-state index in [-0.39, 0.29) is 0 Å². The normalized spacial score (nSPS) is 30.3. The average molecular weight is 259 g/mol. The molecule has 0 aromatic carbocycles. The van der Waals surface area contributed by atoms with Gasteiger partial charge < -0.3 is 5.32 Å². The van der Waals surface area contributed by atoms with Crippen molar-refractivity contribution in [2.75, 3.05) is 6.54 Å². The van der Waals surface area contributed by atoms with Gasteiger partial charge in [-0.1, -0.05) is 13.8 Å². The Morgan fingerprint density at radius 2 is 2.21 bits per heavy atom. The number of aromatic nitrogens is 2. The van der Waals surface area contributed by atoms with E-state index in [1.807, 2.05) is 0 Å². The molecule has 3 heteroatoms. The van der Waals surface area contributed by atoms with Gasteiger partial charge in [0.2, 0.25) is 0 Å². The van der Waals surface area contributed by atoms with Gasteiger partial charge >= 0.3 is 0 Å². The number of hydrogen-bond acceptors (Lipinski definition) is 3. The Kier molecular flexibility index (Phi) is 3.83. The zero-order valence-corrected chi connectivity index (χ0v) is 12.2. The number of nitrogens with one attached hydrogen (secondary N) is 1. The third-order valence-corrected chi connectivity index (χ3v) is 4.71. The van der Waals surface area contributed by atoms with E-state index < -0.39 is 0 Å². The van der Waals surface area contributed by atoms with Crippen LogP contribution in [0.5, 0.6) is 0 Å². The second-order valence-corrected chi connectivity index (χ2v) is 6.25. The minimum absolute atomic E-state index is 0.477. The summed E-state index contributed by atoms with van der Waals surface area (Å²) in [6.45, 7) is 5.54. The summed E-state index contributed by atoms with van der Waals surface area (Å²) in [5.41, 5.74) is 2.66. The first kappa shape index (κ1) is 13.0. The van der Waals surface area contributed by atoms with Crippen LogP contribution >= 0.6 is 0 Å². The zero-order valence-electron chi connectivity index (χ0n) is 12.2. The predicted octanol–water partition coefficient (Wildman–Crippen LogP) is 3.37. The summed E-state index contributed by atoms with van der Waals surface area (Å²) in [5, 5.41) is 3.56. The number of fused-ring (bicyclic) bond motifs is 1. The van der Waals surface area contributed by atoms with E-state index in [9.17, 15) is 0 Å². The highest BCUT2D eigenvalue weighted by Gasteiger charge is 2.27. The van der Waals surface area contributed by atoms with Crippen LogP contribution in [0.4, 0.5) is 0 Å². The molecule has 3 unspecified atom stereocenters. The summed E-state index contributed by atoms with van der Waals surface area (Å²) in [7, 11) is 0. The maximum atomic E-state index is 4.91. The summed E-state index contributed by atoms with van der Waals surface area (Å²) in [4.78, 5) is 9.60. The minimum atomic E-state index is 0.477. The van der Waals surface area contributed by atoms with Crippen LogP contribution in [0.25, 0.3) is 0 Å². The fourth-order valence-corrected chi connectivity index (χ4v) is 3.66. The SMILES string of the molecule is CCNC1CCCc2nc(C3CCC(C)C3)ncc21. The fraction of sp³-hybridized carbons (Fsp3) is 0.750. The standard InChI is InChI=1S/C16H25N3/c1-3-17-14-5-4-6-15-13(14)10-18-16(19-15)12-8-7-11(2)9-12/h10-12,14,17H,3-9H2,1-2H3. The van der Waals surface area contributed by atoms with Gasteiger partial charge in [0.1, 0.15) is 5.82 Å². The largest absolute Gasteiger partial charge is 0.310 e. The Balaban J connectivity index is 1.83. The molecule has 1 N–H and O–H groups in total. The third-order valence-electron chi connectivity index (χ3n) is 4.71. The monoisotopic (exact) mass is 259 g/mol. The molecule has 0 amide bonds. The lowest BCUT2D eigenvalue weighted by atomic mass is 9.92. The lowest BCUT2D eigenvalue weighted by molar-refractivity contribution is 0.460. The van der Waals surface area contributed by atoms with Gasteiger partial charge in [-0.25, -0.2) is 9.97 Å². The molecule has 0 bridgehead atoms. The van der Waals surface area contributed by atoms with Gasteiger partial charge in [-0.3, -0.25) is 0 Å². The second kappa shape index (κ2) is 5.58. The third kappa shape index (κ3) is 2.66. The molecule has 0 spiro atoms. The van der Waals surface area contributed by atoms with E-state index in [2.05, 4.69) is 30.3 Å². The highest BCUT2D eigenvalue weighted by molar-refractivity contribution is 5.25. The predicted molar refractivity (Wildman–Crippen MR) is 77.1 cm³/mol. The topological polar surface area (TPSA) is 37.8 Å². The van der Waals surface area contributed by atoms with Crippen LogP contribution < -0.4 is 5.32 Å². The van der Waals surface area contributed by atoms with Crippen molar-refractivity contribution in [1.29, 1.82) is 0 Å². The van der Waals surface area contributed by atoms with Crippen LogP contribution in [0.2, 0.25) is 0 Å². The molecule has 1 saturated carbocycles. The van der Waals surface area contributed by atoms with Crippen molar-refractivity contribution in [3.05, 3.63) is 23.3 Å². The molecular weight excluding hydrogens is 234 g/mol. The maximum Gasteiger partial charge on any atom is 0.131 e. The molecule has 1 fully saturated rings. The van der Waals surface area contributed by atoms with Gasteiger partial charge in [-0.2, -0.15) is 0 Å². The second-order valence-electron chi connectivity index (χ2n) is 6.25. The fourth-order valence-electron chi connectivity index (χ4n) is 3.66. The average Bonchev–Trinajstić information content (AvgIpc) is 2.86. The van der Waals surface area contributed by atoms with Gasteiger partial charge in [0.25, 0.3) is 0 Å². The number of hydrogen-bond donors (Lipinski definition) is 1. The van der Waals surface area contributed by atoms with Crippen LogP contribution in [-0.4, -0.2) is 16.5 Å². The Bertz CT molecular complexity index is 444. The number of aryl methyl sites for hydroxylation is 1. The molecule has 3 atom stereocenters. The van der Waals surface area contributed by atoms with Gasteiger partial charge in [0.05, 0.1) is 0 Å². The van der Waals surface area contributed by atoms with Gasteiger partial charge in [0.15, 0.2) is 0 Å². The molecule has 0 saturated heterocycles. The Morgan fingerprint density at radius 3 is 2.95 bits per heavy atom. The van der Waals surface area contributed by atoms with Crippen molar-refractivity contribution in [3.8, 4) is 0 Å². The van der Waals surface area contributed by atoms with Crippen LogP contribution in [0, 0.1) is 5.92 Å².